The monoisotopic (exact) mass is 488 g/mol. The Balaban J connectivity index is 1.25. The highest BCUT2D eigenvalue weighted by Gasteiger charge is 2.30. The summed E-state index contributed by atoms with van der Waals surface area (Å²) >= 11 is 0. The number of aryl methyl sites for hydroxylation is 3. The molecule has 2 heterocycles. The molecule has 0 spiro atoms. The van der Waals surface area contributed by atoms with E-state index in [4.69, 9.17) is 5.26 Å². The maximum Gasteiger partial charge on any atom is 0.246 e. The van der Waals surface area contributed by atoms with E-state index in [1.807, 2.05) is 47.2 Å². The number of nitrogens with zero attached hydrogens (tertiary/aromatic N) is 4. The van der Waals surface area contributed by atoms with Crippen molar-refractivity contribution in [2.45, 2.75) is 37.1 Å². The Morgan fingerprint density at radius 1 is 1.03 bits per heavy atom. The zero-order chi connectivity index (χ0) is 24.4. The van der Waals surface area contributed by atoms with Gasteiger partial charge in [0, 0.05) is 61.5 Å². The first-order valence-electron chi connectivity index (χ1n) is 12.0. The minimum absolute atomic E-state index is 0.131. The van der Waals surface area contributed by atoms with Crippen molar-refractivity contribution in [1.82, 2.24) is 13.8 Å². The van der Waals surface area contributed by atoms with Gasteiger partial charge in [0.2, 0.25) is 15.9 Å². The van der Waals surface area contributed by atoms with Gasteiger partial charge < -0.3 is 9.47 Å². The first-order chi connectivity index (χ1) is 17.0. The predicted octanol–water partition coefficient (Wildman–Crippen LogP) is 3.59. The van der Waals surface area contributed by atoms with Crippen molar-refractivity contribution >= 4 is 32.9 Å². The number of aromatic nitrogens is 1. The molecule has 0 atom stereocenters. The van der Waals surface area contributed by atoms with Crippen LogP contribution in [0.4, 0.5) is 0 Å². The van der Waals surface area contributed by atoms with E-state index in [9.17, 15) is 13.2 Å². The van der Waals surface area contributed by atoms with Crippen LogP contribution >= 0.6 is 0 Å². The highest BCUT2D eigenvalue weighted by atomic mass is 32.2. The van der Waals surface area contributed by atoms with Gasteiger partial charge in [-0.05, 0) is 54.7 Å². The highest BCUT2D eigenvalue weighted by molar-refractivity contribution is 7.89. The highest BCUT2D eigenvalue weighted by Crippen LogP contribution is 2.27. The van der Waals surface area contributed by atoms with E-state index in [-0.39, 0.29) is 19.0 Å². The Bertz CT molecular complexity index is 1440. The Labute approximate surface area is 205 Å². The van der Waals surface area contributed by atoms with Gasteiger partial charge in [-0.2, -0.15) is 9.57 Å². The molecule has 7 nitrogen and oxygen atoms in total. The molecule has 1 aliphatic carbocycles. The van der Waals surface area contributed by atoms with Crippen LogP contribution in [0.5, 0.6) is 0 Å². The lowest BCUT2D eigenvalue weighted by Gasteiger charge is -2.33. The van der Waals surface area contributed by atoms with Crippen LogP contribution in [-0.2, 0) is 34.2 Å². The second-order valence-corrected chi connectivity index (χ2v) is 11.0. The molecule has 1 fully saturated rings. The van der Waals surface area contributed by atoms with Crippen molar-refractivity contribution in [1.29, 1.82) is 5.26 Å². The Kier molecular flexibility index (Phi) is 6.46. The third-order valence-electron chi connectivity index (χ3n) is 6.95. The van der Waals surface area contributed by atoms with Gasteiger partial charge in [-0.3, -0.25) is 4.79 Å². The van der Waals surface area contributed by atoms with Gasteiger partial charge in [-0.25, -0.2) is 8.42 Å². The van der Waals surface area contributed by atoms with E-state index in [1.54, 1.807) is 23.1 Å². The normalized spacial score (nSPS) is 16.6. The van der Waals surface area contributed by atoms with E-state index in [1.165, 1.54) is 9.87 Å². The molecule has 5 rings (SSSR count). The number of carbonyl (C=O) groups excluding carboxylic acids is 1. The first kappa shape index (κ1) is 23.3. The second-order valence-electron chi connectivity index (χ2n) is 9.05. The lowest BCUT2D eigenvalue weighted by molar-refractivity contribution is -0.127. The third-order valence-corrected chi connectivity index (χ3v) is 8.84. The molecule has 2 aliphatic rings. The van der Waals surface area contributed by atoms with Crippen LogP contribution in [0, 0.1) is 11.3 Å². The molecule has 3 aromatic rings. The molecular weight excluding hydrogens is 460 g/mol. The molecule has 1 amide bonds. The average Bonchev–Trinajstić information content (AvgIpc) is 3.50. The number of nitriles is 1. The zero-order valence-electron chi connectivity index (χ0n) is 19.6. The third kappa shape index (κ3) is 4.62. The summed E-state index contributed by atoms with van der Waals surface area (Å²) in [6, 6.07) is 15.6. The summed E-state index contributed by atoms with van der Waals surface area (Å²) in [5, 5.41) is 9.96. The van der Waals surface area contributed by atoms with Crippen LogP contribution in [-0.4, -0.2) is 54.3 Å². The van der Waals surface area contributed by atoms with E-state index in [0.29, 0.717) is 31.0 Å². The number of amides is 1. The minimum atomic E-state index is -3.57. The standard InChI is InChI=1S/C27H28N4O3S/c28-13-4-14-30-20-23(25-7-1-2-8-26(25)30)10-12-27(32)29-15-17-31(18-16-29)35(33,34)24-11-9-21-5-3-6-22(21)19-24/h1-2,7-12,19-20H,3-6,14-18H2/b12-10+. The van der Waals surface area contributed by atoms with Gasteiger partial charge in [0.1, 0.15) is 0 Å². The fourth-order valence-electron chi connectivity index (χ4n) is 5.04. The van der Waals surface area contributed by atoms with Gasteiger partial charge in [0.15, 0.2) is 0 Å². The van der Waals surface area contributed by atoms with E-state index in [2.05, 4.69) is 6.07 Å². The number of hydrogen-bond donors (Lipinski definition) is 0. The molecule has 2 aromatic carbocycles. The molecule has 0 N–H and O–H groups in total. The van der Waals surface area contributed by atoms with Gasteiger partial charge in [-0.1, -0.05) is 24.3 Å². The summed E-state index contributed by atoms with van der Waals surface area (Å²) in [5.74, 6) is -0.131. The molecule has 0 unspecified atom stereocenters. The smallest absolute Gasteiger partial charge is 0.246 e. The fourth-order valence-corrected chi connectivity index (χ4v) is 6.51. The SMILES string of the molecule is N#CCCn1cc(/C=C/C(=O)N2CCN(S(=O)(=O)c3ccc4c(c3)CCC4)CC2)c2ccccc21. The molecule has 180 valence electrons. The van der Waals surface area contributed by atoms with Crippen molar-refractivity contribution in [2.24, 2.45) is 0 Å². The van der Waals surface area contributed by atoms with Crippen LogP contribution < -0.4 is 0 Å². The maximum absolute atomic E-state index is 13.2. The Morgan fingerprint density at radius 2 is 1.80 bits per heavy atom. The summed E-state index contributed by atoms with van der Waals surface area (Å²) in [4.78, 5) is 14.9. The molecular formula is C27H28N4O3S. The number of fused-ring (bicyclic) bond motifs is 2. The van der Waals surface area contributed by atoms with Crippen molar-refractivity contribution < 1.29 is 13.2 Å². The number of rotatable bonds is 6. The summed E-state index contributed by atoms with van der Waals surface area (Å²) in [6.07, 6.45) is 8.77. The molecule has 35 heavy (non-hydrogen) atoms. The summed E-state index contributed by atoms with van der Waals surface area (Å²) in [6.45, 7) is 1.88. The van der Waals surface area contributed by atoms with Crippen molar-refractivity contribution in [3.05, 3.63) is 71.4 Å². The summed E-state index contributed by atoms with van der Waals surface area (Å²) in [5.41, 5.74) is 4.34. The van der Waals surface area contributed by atoms with Gasteiger partial charge in [-0.15, -0.1) is 0 Å². The van der Waals surface area contributed by atoms with Gasteiger partial charge in [0.25, 0.3) is 0 Å². The van der Waals surface area contributed by atoms with Crippen LogP contribution in [0.2, 0.25) is 0 Å². The van der Waals surface area contributed by atoms with Crippen LogP contribution in [0.1, 0.15) is 29.5 Å². The number of para-hydroxylation sites is 1. The zero-order valence-corrected chi connectivity index (χ0v) is 20.4. The van der Waals surface area contributed by atoms with Crippen LogP contribution in [0.25, 0.3) is 17.0 Å². The Hall–Kier alpha value is -3.41. The molecule has 1 aliphatic heterocycles. The number of piperazine rings is 1. The maximum atomic E-state index is 13.2. The summed E-state index contributed by atoms with van der Waals surface area (Å²) < 4.78 is 29.8. The molecule has 0 bridgehead atoms. The number of hydrogen-bond acceptors (Lipinski definition) is 4. The van der Waals surface area contributed by atoms with E-state index >= 15 is 0 Å². The van der Waals surface area contributed by atoms with Crippen molar-refractivity contribution in [3.8, 4) is 6.07 Å². The molecule has 1 aromatic heterocycles. The number of sulfonamides is 1. The topological polar surface area (TPSA) is 86.4 Å². The average molecular weight is 489 g/mol. The summed E-state index contributed by atoms with van der Waals surface area (Å²) in [7, 11) is -3.57. The molecule has 0 radical (unpaired) electrons. The number of carbonyl (C=O) groups is 1. The quantitative estimate of drug-likeness (QED) is 0.496. The molecule has 1 saturated heterocycles. The molecule has 0 saturated carbocycles. The largest absolute Gasteiger partial charge is 0.346 e. The second kappa shape index (κ2) is 9.68. The van der Waals surface area contributed by atoms with E-state index < -0.39 is 10.0 Å². The Morgan fingerprint density at radius 3 is 2.60 bits per heavy atom. The van der Waals surface area contributed by atoms with Crippen LogP contribution in [0.3, 0.4) is 0 Å². The van der Waals surface area contributed by atoms with Gasteiger partial charge in [0.05, 0.1) is 17.4 Å². The minimum Gasteiger partial charge on any atom is -0.346 e. The molecule has 8 heteroatoms. The van der Waals surface area contributed by atoms with E-state index in [0.717, 1.165) is 41.3 Å². The van der Waals surface area contributed by atoms with Gasteiger partial charge >= 0.3 is 0 Å². The number of benzene rings is 2. The predicted molar refractivity (Wildman–Crippen MR) is 135 cm³/mol. The lowest BCUT2D eigenvalue weighted by atomic mass is 10.1. The van der Waals surface area contributed by atoms with Crippen molar-refractivity contribution in [3.63, 3.8) is 0 Å². The van der Waals surface area contributed by atoms with Crippen LogP contribution in [0.15, 0.2) is 59.6 Å². The lowest BCUT2D eigenvalue weighted by Crippen LogP contribution is -2.50. The fraction of sp³-hybridized carbons (Fsp3) is 0.333. The first-order valence-corrected chi connectivity index (χ1v) is 13.4. The van der Waals surface area contributed by atoms with Crippen molar-refractivity contribution in [2.75, 3.05) is 26.2 Å².